The number of hydrogen-bond donors (Lipinski definition) is 1. The summed E-state index contributed by atoms with van der Waals surface area (Å²) < 4.78 is 6.83. The Morgan fingerprint density at radius 2 is 1.14 bits per heavy atom. The molecule has 4 nitrogen and oxygen atoms in total. The zero-order chi connectivity index (χ0) is 20.8. The normalized spacial score (nSPS) is 10.9. The minimum Gasteiger partial charge on any atom is -0.469 e. The van der Waals surface area contributed by atoms with Crippen molar-refractivity contribution in [1.82, 2.24) is 5.32 Å². The van der Waals surface area contributed by atoms with E-state index in [1.165, 1.54) is 90.6 Å². The Balaban J connectivity index is 1.68. The second kappa shape index (κ2) is 19.9. The molecule has 0 saturated carbocycles. The third-order valence-corrected chi connectivity index (χ3v) is 5.53. The fraction of sp³-hybridized carbons (Fsp3) is 0.760. The first-order valence-corrected chi connectivity index (χ1v) is 12.0. The minimum atomic E-state index is -0.0694. The van der Waals surface area contributed by atoms with Gasteiger partial charge in [-0.2, -0.15) is 4.57 Å². The van der Waals surface area contributed by atoms with Crippen LogP contribution in [0.2, 0.25) is 0 Å². The van der Waals surface area contributed by atoms with E-state index in [9.17, 15) is 4.79 Å². The van der Waals surface area contributed by atoms with Crippen LogP contribution in [0.15, 0.2) is 30.6 Å². The van der Waals surface area contributed by atoms with Crippen LogP contribution in [0, 0.1) is 0 Å². The van der Waals surface area contributed by atoms with Gasteiger partial charge in [0.05, 0.1) is 7.11 Å². The average Bonchev–Trinajstić information content (AvgIpc) is 2.75. The van der Waals surface area contributed by atoms with Gasteiger partial charge in [0.2, 0.25) is 6.67 Å². The molecule has 1 aromatic rings. The van der Waals surface area contributed by atoms with Crippen LogP contribution in [0.5, 0.6) is 0 Å². The summed E-state index contributed by atoms with van der Waals surface area (Å²) in [5.41, 5.74) is 0. The van der Waals surface area contributed by atoms with Crippen molar-refractivity contribution >= 4 is 5.97 Å². The average molecular weight is 406 g/mol. The standard InChI is InChI=1S/C25H45N2O2/c1-29-25(28)20-16-13-11-9-7-5-3-2-4-6-8-10-12-14-17-21-26-24-27-22-18-15-19-23-27/h15,18-19,22-23,26H,2-14,16-17,20-21,24H2,1H3/q+1. The first-order valence-electron chi connectivity index (χ1n) is 12.0. The molecule has 1 aromatic heterocycles. The van der Waals surface area contributed by atoms with E-state index in [-0.39, 0.29) is 5.97 Å². The number of ether oxygens (including phenoxy) is 1. The number of unbranched alkanes of at least 4 members (excludes halogenated alkanes) is 14. The smallest absolute Gasteiger partial charge is 0.305 e. The lowest BCUT2D eigenvalue weighted by Crippen LogP contribution is -2.40. The number of aromatic nitrogens is 1. The number of carbonyl (C=O) groups excluding carboxylic acids is 1. The Morgan fingerprint density at radius 3 is 1.62 bits per heavy atom. The van der Waals surface area contributed by atoms with Gasteiger partial charge in [-0.05, 0) is 12.8 Å². The maximum Gasteiger partial charge on any atom is 0.305 e. The Hall–Kier alpha value is -1.42. The van der Waals surface area contributed by atoms with Crippen molar-refractivity contribution in [3.8, 4) is 0 Å². The summed E-state index contributed by atoms with van der Waals surface area (Å²) in [6.45, 7) is 2.03. The maximum atomic E-state index is 11.0. The fourth-order valence-electron chi connectivity index (χ4n) is 3.67. The lowest BCUT2D eigenvalue weighted by Gasteiger charge is -2.04. The second-order valence-corrected chi connectivity index (χ2v) is 8.18. The molecule has 0 bridgehead atoms. The van der Waals surface area contributed by atoms with Gasteiger partial charge in [0.25, 0.3) is 0 Å². The van der Waals surface area contributed by atoms with Gasteiger partial charge >= 0.3 is 5.97 Å². The molecule has 0 unspecified atom stereocenters. The van der Waals surface area contributed by atoms with Crippen molar-refractivity contribution in [3.05, 3.63) is 30.6 Å². The molecule has 0 radical (unpaired) electrons. The summed E-state index contributed by atoms with van der Waals surface area (Å²) in [5.74, 6) is -0.0694. The highest BCUT2D eigenvalue weighted by Crippen LogP contribution is 2.13. The van der Waals surface area contributed by atoms with Crippen molar-refractivity contribution in [2.45, 2.75) is 109 Å². The van der Waals surface area contributed by atoms with E-state index < -0.39 is 0 Å². The summed E-state index contributed by atoms with van der Waals surface area (Å²) in [6.07, 6.45) is 24.7. The number of esters is 1. The number of hydrogen-bond acceptors (Lipinski definition) is 3. The van der Waals surface area contributed by atoms with Crippen LogP contribution >= 0.6 is 0 Å². The molecule has 0 aliphatic carbocycles. The molecular formula is C25H45N2O2+. The van der Waals surface area contributed by atoms with E-state index >= 15 is 0 Å². The molecule has 166 valence electrons. The highest BCUT2D eigenvalue weighted by molar-refractivity contribution is 5.68. The number of methoxy groups -OCH3 is 1. The highest BCUT2D eigenvalue weighted by Gasteiger charge is 1.99. The fourth-order valence-corrected chi connectivity index (χ4v) is 3.67. The van der Waals surface area contributed by atoms with Crippen LogP contribution in [0.1, 0.15) is 103 Å². The van der Waals surface area contributed by atoms with E-state index in [1.54, 1.807) is 0 Å². The van der Waals surface area contributed by atoms with Crippen molar-refractivity contribution in [2.24, 2.45) is 0 Å². The quantitative estimate of drug-likeness (QED) is 0.166. The van der Waals surface area contributed by atoms with Crippen LogP contribution in [0.3, 0.4) is 0 Å². The molecule has 0 amide bonds. The van der Waals surface area contributed by atoms with Gasteiger partial charge in [-0.1, -0.05) is 89.5 Å². The molecular weight excluding hydrogens is 360 g/mol. The largest absolute Gasteiger partial charge is 0.469 e. The number of carbonyl (C=O) groups is 1. The predicted molar refractivity (Wildman–Crippen MR) is 121 cm³/mol. The Kier molecular flexibility index (Phi) is 17.6. The van der Waals surface area contributed by atoms with E-state index in [0.29, 0.717) is 6.42 Å². The van der Waals surface area contributed by atoms with E-state index in [0.717, 1.165) is 26.1 Å². The van der Waals surface area contributed by atoms with E-state index in [1.807, 2.05) is 0 Å². The molecule has 0 spiro atoms. The summed E-state index contributed by atoms with van der Waals surface area (Å²) in [7, 11) is 1.47. The lowest BCUT2D eigenvalue weighted by molar-refractivity contribution is -0.701. The number of rotatable bonds is 20. The van der Waals surface area contributed by atoms with Crippen LogP contribution in [0.4, 0.5) is 0 Å². The Labute approximate surface area is 179 Å². The van der Waals surface area contributed by atoms with Gasteiger partial charge in [0, 0.05) is 25.1 Å². The summed E-state index contributed by atoms with van der Waals surface area (Å²) in [5, 5.41) is 3.50. The number of nitrogens with one attached hydrogen (secondary N) is 1. The van der Waals surface area contributed by atoms with Crippen LogP contribution < -0.4 is 9.88 Å². The topological polar surface area (TPSA) is 42.2 Å². The van der Waals surface area contributed by atoms with Crippen LogP contribution in [0.25, 0.3) is 0 Å². The molecule has 1 heterocycles. The van der Waals surface area contributed by atoms with E-state index in [4.69, 9.17) is 0 Å². The molecule has 29 heavy (non-hydrogen) atoms. The monoisotopic (exact) mass is 405 g/mol. The molecule has 0 fully saturated rings. The predicted octanol–water partition coefficient (Wildman–Crippen LogP) is 5.94. The van der Waals surface area contributed by atoms with Gasteiger partial charge in [0.15, 0.2) is 12.4 Å². The van der Waals surface area contributed by atoms with Crippen molar-refractivity contribution in [3.63, 3.8) is 0 Å². The van der Waals surface area contributed by atoms with Crippen molar-refractivity contribution in [2.75, 3.05) is 13.7 Å². The number of nitrogens with zero attached hydrogens (tertiary/aromatic N) is 1. The molecule has 0 aromatic carbocycles. The van der Waals surface area contributed by atoms with Gasteiger partial charge in [-0.3, -0.25) is 10.1 Å². The Morgan fingerprint density at radius 1 is 0.690 bits per heavy atom. The van der Waals surface area contributed by atoms with Gasteiger partial charge in [0.1, 0.15) is 0 Å². The highest BCUT2D eigenvalue weighted by atomic mass is 16.5. The number of pyridine rings is 1. The van der Waals surface area contributed by atoms with Gasteiger partial charge in [-0.25, -0.2) is 0 Å². The SMILES string of the molecule is COC(=O)CCCCCCCCCCCCCCCCCNC[n+]1ccccc1. The third kappa shape index (κ3) is 17.2. The second-order valence-electron chi connectivity index (χ2n) is 8.18. The maximum absolute atomic E-state index is 11.0. The molecule has 0 atom stereocenters. The first-order chi connectivity index (χ1) is 14.3. The zero-order valence-electron chi connectivity index (χ0n) is 18.9. The molecule has 0 aliphatic heterocycles. The minimum absolute atomic E-state index is 0.0694. The Bertz CT molecular complexity index is 479. The van der Waals surface area contributed by atoms with Crippen molar-refractivity contribution in [1.29, 1.82) is 0 Å². The molecule has 0 aliphatic rings. The third-order valence-electron chi connectivity index (χ3n) is 5.53. The first kappa shape index (κ1) is 25.6. The van der Waals surface area contributed by atoms with Crippen LogP contribution in [-0.4, -0.2) is 19.6 Å². The lowest BCUT2D eigenvalue weighted by atomic mass is 10.0. The van der Waals surface area contributed by atoms with E-state index in [2.05, 4.69) is 45.2 Å². The molecule has 1 rings (SSSR count). The summed E-state index contributed by atoms with van der Waals surface area (Å²) >= 11 is 0. The molecule has 4 heteroatoms. The zero-order valence-corrected chi connectivity index (χ0v) is 18.9. The summed E-state index contributed by atoms with van der Waals surface area (Å²) in [6, 6.07) is 6.19. The van der Waals surface area contributed by atoms with Gasteiger partial charge in [-0.15, -0.1) is 0 Å². The summed E-state index contributed by atoms with van der Waals surface area (Å²) in [4.78, 5) is 11.0. The molecule has 0 saturated heterocycles. The van der Waals surface area contributed by atoms with Crippen LogP contribution in [-0.2, 0) is 16.2 Å². The van der Waals surface area contributed by atoms with Gasteiger partial charge < -0.3 is 4.74 Å². The molecule has 1 N–H and O–H groups in total. The van der Waals surface area contributed by atoms with Crippen molar-refractivity contribution < 1.29 is 14.1 Å².